The molecule has 1 fully saturated rings. The van der Waals surface area contributed by atoms with Gasteiger partial charge in [-0.25, -0.2) is 4.79 Å². The second-order valence-corrected chi connectivity index (χ2v) is 4.82. The zero-order chi connectivity index (χ0) is 13.5. The average Bonchev–Trinajstić information content (AvgIpc) is 2.68. The monoisotopic (exact) mass is 262 g/mol. The number of carbonyl (C=O) groups excluding carboxylic acids is 1. The number of benzene rings is 1. The molecule has 1 saturated heterocycles. The molecule has 0 bridgehead atoms. The van der Waals surface area contributed by atoms with E-state index in [1.165, 1.54) is 6.42 Å². The van der Waals surface area contributed by atoms with Crippen molar-refractivity contribution in [3.05, 3.63) is 29.8 Å². The van der Waals surface area contributed by atoms with Crippen LogP contribution >= 0.6 is 0 Å². The predicted octanol–water partition coefficient (Wildman–Crippen LogP) is 2.42. The predicted molar refractivity (Wildman–Crippen MR) is 76.5 cm³/mol. The van der Waals surface area contributed by atoms with Crippen molar-refractivity contribution < 1.29 is 9.53 Å². The highest BCUT2D eigenvalue weighted by molar-refractivity contribution is 5.90. The normalized spacial score (nSPS) is 19.5. The average molecular weight is 262 g/mol. The molecule has 4 heteroatoms. The number of esters is 1. The lowest BCUT2D eigenvalue weighted by atomic mass is 10.1. The van der Waals surface area contributed by atoms with Gasteiger partial charge in [0.15, 0.2) is 0 Å². The zero-order valence-electron chi connectivity index (χ0n) is 11.4. The molecule has 1 aliphatic heterocycles. The van der Waals surface area contributed by atoms with Crippen LogP contribution in [0, 0.1) is 0 Å². The van der Waals surface area contributed by atoms with Gasteiger partial charge in [0.05, 0.1) is 12.2 Å². The van der Waals surface area contributed by atoms with Crippen LogP contribution in [0.5, 0.6) is 0 Å². The van der Waals surface area contributed by atoms with E-state index in [1.54, 1.807) is 6.07 Å². The number of ether oxygens (including phenoxy) is 1. The van der Waals surface area contributed by atoms with E-state index in [1.807, 2.05) is 25.1 Å². The van der Waals surface area contributed by atoms with E-state index in [2.05, 4.69) is 10.6 Å². The molecule has 0 spiro atoms. The molecule has 1 unspecified atom stereocenters. The van der Waals surface area contributed by atoms with Gasteiger partial charge in [-0.1, -0.05) is 6.07 Å². The van der Waals surface area contributed by atoms with E-state index in [0.29, 0.717) is 18.2 Å². The summed E-state index contributed by atoms with van der Waals surface area (Å²) in [6.07, 6.45) is 3.47. The minimum Gasteiger partial charge on any atom is -0.462 e. The van der Waals surface area contributed by atoms with Crippen LogP contribution in [0.1, 0.15) is 36.5 Å². The van der Waals surface area contributed by atoms with Crippen molar-refractivity contribution in [2.45, 2.75) is 32.2 Å². The van der Waals surface area contributed by atoms with E-state index < -0.39 is 0 Å². The Bertz CT molecular complexity index is 412. The maximum atomic E-state index is 11.7. The number of carbonyl (C=O) groups is 1. The molecule has 2 N–H and O–H groups in total. The zero-order valence-corrected chi connectivity index (χ0v) is 11.4. The Kier molecular flexibility index (Phi) is 5.21. The molecule has 0 aliphatic carbocycles. The van der Waals surface area contributed by atoms with E-state index in [4.69, 9.17) is 4.74 Å². The summed E-state index contributed by atoms with van der Waals surface area (Å²) in [5.74, 6) is -0.256. The topological polar surface area (TPSA) is 50.4 Å². The smallest absolute Gasteiger partial charge is 0.338 e. The largest absolute Gasteiger partial charge is 0.462 e. The van der Waals surface area contributed by atoms with Crippen LogP contribution in [-0.4, -0.2) is 31.7 Å². The van der Waals surface area contributed by atoms with Gasteiger partial charge in [-0.05, 0) is 57.5 Å². The molecule has 0 amide bonds. The SMILES string of the molecule is CCOC(=O)c1cccc(NC2CCCNCC2)c1. The Morgan fingerprint density at radius 2 is 2.32 bits per heavy atom. The number of anilines is 1. The number of rotatable bonds is 4. The summed E-state index contributed by atoms with van der Waals surface area (Å²) in [5, 5.41) is 6.91. The van der Waals surface area contributed by atoms with Crippen LogP contribution in [0.15, 0.2) is 24.3 Å². The van der Waals surface area contributed by atoms with Crippen LogP contribution in [0.4, 0.5) is 5.69 Å². The first kappa shape index (κ1) is 13.9. The highest BCUT2D eigenvalue weighted by Gasteiger charge is 2.12. The number of hydrogen-bond acceptors (Lipinski definition) is 4. The first-order valence-corrected chi connectivity index (χ1v) is 7.04. The van der Waals surface area contributed by atoms with Crippen molar-refractivity contribution in [3.8, 4) is 0 Å². The van der Waals surface area contributed by atoms with Gasteiger partial charge in [-0.2, -0.15) is 0 Å². The molecule has 1 aromatic carbocycles. The molecule has 0 radical (unpaired) electrons. The second-order valence-electron chi connectivity index (χ2n) is 4.82. The maximum Gasteiger partial charge on any atom is 0.338 e. The van der Waals surface area contributed by atoms with Gasteiger partial charge in [-0.15, -0.1) is 0 Å². The van der Waals surface area contributed by atoms with E-state index in [9.17, 15) is 4.79 Å². The van der Waals surface area contributed by atoms with Crippen LogP contribution < -0.4 is 10.6 Å². The summed E-state index contributed by atoms with van der Waals surface area (Å²) in [5.41, 5.74) is 1.61. The third-order valence-corrected chi connectivity index (χ3v) is 3.32. The molecule has 1 aliphatic rings. The summed E-state index contributed by atoms with van der Waals surface area (Å²) in [6, 6.07) is 8.03. The quantitative estimate of drug-likeness (QED) is 0.818. The van der Waals surface area contributed by atoms with Crippen molar-refractivity contribution in [3.63, 3.8) is 0 Å². The summed E-state index contributed by atoms with van der Waals surface area (Å²) >= 11 is 0. The third-order valence-electron chi connectivity index (χ3n) is 3.32. The Balaban J connectivity index is 1.99. The molecule has 1 aromatic rings. The lowest BCUT2D eigenvalue weighted by Crippen LogP contribution is -2.21. The first-order valence-electron chi connectivity index (χ1n) is 7.04. The Morgan fingerprint density at radius 1 is 1.42 bits per heavy atom. The molecule has 19 heavy (non-hydrogen) atoms. The number of nitrogens with one attached hydrogen (secondary N) is 2. The van der Waals surface area contributed by atoms with E-state index in [-0.39, 0.29) is 5.97 Å². The molecular weight excluding hydrogens is 240 g/mol. The van der Waals surface area contributed by atoms with Crippen LogP contribution in [0.2, 0.25) is 0 Å². The van der Waals surface area contributed by atoms with Crippen molar-refractivity contribution in [2.24, 2.45) is 0 Å². The first-order chi connectivity index (χ1) is 9.29. The molecule has 0 aromatic heterocycles. The van der Waals surface area contributed by atoms with Gasteiger partial charge in [0.25, 0.3) is 0 Å². The van der Waals surface area contributed by atoms with Crippen molar-refractivity contribution >= 4 is 11.7 Å². The molecule has 1 atom stereocenters. The highest BCUT2D eigenvalue weighted by atomic mass is 16.5. The van der Waals surface area contributed by atoms with Gasteiger partial charge in [-0.3, -0.25) is 0 Å². The van der Waals surface area contributed by atoms with Gasteiger partial charge in [0.2, 0.25) is 0 Å². The van der Waals surface area contributed by atoms with Gasteiger partial charge >= 0.3 is 5.97 Å². The van der Waals surface area contributed by atoms with Crippen molar-refractivity contribution in [1.82, 2.24) is 5.32 Å². The minimum atomic E-state index is -0.256. The van der Waals surface area contributed by atoms with Gasteiger partial charge in [0.1, 0.15) is 0 Å². The standard InChI is InChI=1S/C15H22N2O2/c1-2-19-15(18)12-5-3-6-14(11-12)17-13-7-4-9-16-10-8-13/h3,5-6,11,13,16-17H,2,4,7-10H2,1H3. The fourth-order valence-corrected chi connectivity index (χ4v) is 2.35. The second kappa shape index (κ2) is 7.14. The molecule has 1 heterocycles. The Hall–Kier alpha value is -1.55. The highest BCUT2D eigenvalue weighted by Crippen LogP contribution is 2.16. The van der Waals surface area contributed by atoms with Crippen molar-refractivity contribution in [2.75, 3.05) is 25.0 Å². The summed E-state index contributed by atoms with van der Waals surface area (Å²) < 4.78 is 5.02. The van der Waals surface area contributed by atoms with Crippen LogP contribution in [0.3, 0.4) is 0 Å². The molecule has 104 valence electrons. The van der Waals surface area contributed by atoms with Crippen LogP contribution in [-0.2, 0) is 4.74 Å². The van der Waals surface area contributed by atoms with E-state index in [0.717, 1.165) is 31.6 Å². The summed E-state index contributed by atoms with van der Waals surface area (Å²) in [6.45, 7) is 4.37. The summed E-state index contributed by atoms with van der Waals surface area (Å²) in [4.78, 5) is 11.7. The van der Waals surface area contributed by atoms with E-state index >= 15 is 0 Å². The molecular formula is C15H22N2O2. The van der Waals surface area contributed by atoms with Crippen molar-refractivity contribution in [1.29, 1.82) is 0 Å². The molecule has 2 rings (SSSR count). The maximum absolute atomic E-state index is 11.7. The fraction of sp³-hybridized carbons (Fsp3) is 0.533. The Labute approximate surface area is 114 Å². The minimum absolute atomic E-state index is 0.256. The number of hydrogen-bond donors (Lipinski definition) is 2. The van der Waals surface area contributed by atoms with Gasteiger partial charge in [0, 0.05) is 11.7 Å². The van der Waals surface area contributed by atoms with Gasteiger partial charge < -0.3 is 15.4 Å². The lowest BCUT2D eigenvalue weighted by Gasteiger charge is -2.17. The third kappa shape index (κ3) is 4.24. The summed E-state index contributed by atoms with van der Waals surface area (Å²) in [7, 11) is 0. The fourth-order valence-electron chi connectivity index (χ4n) is 2.35. The Morgan fingerprint density at radius 3 is 3.16 bits per heavy atom. The van der Waals surface area contributed by atoms with Crippen LogP contribution in [0.25, 0.3) is 0 Å². The molecule has 4 nitrogen and oxygen atoms in total. The molecule has 0 saturated carbocycles. The lowest BCUT2D eigenvalue weighted by molar-refractivity contribution is 0.0526.